The van der Waals surface area contributed by atoms with E-state index in [4.69, 9.17) is 18.4 Å². The van der Waals surface area contributed by atoms with Gasteiger partial charge in [0.05, 0.1) is 21.3 Å². The molecule has 2 amide bonds. The number of carbonyl (C=O) groups is 1. The van der Waals surface area contributed by atoms with E-state index >= 15 is 0 Å². The van der Waals surface area contributed by atoms with Gasteiger partial charge in [0.1, 0.15) is 4.90 Å². The van der Waals surface area contributed by atoms with Crippen LogP contribution in [0.4, 0.5) is 10.5 Å². The molecule has 2 aromatic rings. The maximum absolute atomic E-state index is 13.0. The number of hydrogen-bond acceptors (Lipinski definition) is 7. The molecule has 2 aromatic carbocycles. The molecule has 0 N–H and O–H groups in total. The summed E-state index contributed by atoms with van der Waals surface area (Å²) >= 11 is 0. The molecule has 1 heterocycles. The van der Waals surface area contributed by atoms with E-state index in [0.717, 1.165) is 6.54 Å². The normalized spacial score (nSPS) is 17.4. The van der Waals surface area contributed by atoms with Gasteiger partial charge < -0.3 is 23.3 Å². The fourth-order valence-electron chi connectivity index (χ4n) is 5.09. The lowest BCUT2D eigenvalue weighted by Gasteiger charge is -2.25. The fourth-order valence-corrected chi connectivity index (χ4v) is 6.00. The van der Waals surface area contributed by atoms with Crippen LogP contribution in [-0.4, -0.2) is 60.3 Å². The maximum atomic E-state index is 13.0. The summed E-state index contributed by atoms with van der Waals surface area (Å²) < 4.78 is 47.0. The van der Waals surface area contributed by atoms with Crippen LogP contribution in [0.25, 0.3) is 0 Å². The second-order valence-corrected chi connectivity index (χ2v) is 10.8. The van der Waals surface area contributed by atoms with Gasteiger partial charge in [-0.2, -0.15) is 8.42 Å². The SMILES string of the molecule is COc1cc(OS(=O)(=O)c2ccc(N3CCN(CC(C)C4CCCC4)C3=O)cc2)cc(OC)c1OC. The highest BCUT2D eigenvalue weighted by Gasteiger charge is 2.33. The number of ether oxygens (including phenoxy) is 3. The van der Waals surface area contributed by atoms with Crippen LogP contribution in [0.1, 0.15) is 32.6 Å². The highest BCUT2D eigenvalue weighted by atomic mass is 32.2. The molecule has 196 valence electrons. The molecule has 1 aliphatic carbocycles. The second-order valence-electron chi connectivity index (χ2n) is 9.29. The molecule has 0 radical (unpaired) electrons. The number of anilines is 1. The number of nitrogens with zero attached hydrogens (tertiary/aromatic N) is 2. The standard InChI is InChI=1S/C26H34N2O7S/c1-18(19-7-5-6-8-19)17-27-13-14-28(26(27)29)20-9-11-22(12-10-20)36(30,31)35-21-15-23(32-2)25(34-4)24(16-21)33-3/h9-12,15-16,18-19H,5-8,13-14,17H2,1-4H3. The summed E-state index contributed by atoms with van der Waals surface area (Å²) in [5.74, 6) is 2.08. The Morgan fingerprint density at radius 2 is 1.56 bits per heavy atom. The molecule has 1 unspecified atom stereocenters. The molecule has 0 aromatic heterocycles. The minimum Gasteiger partial charge on any atom is -0.493 e. The van der Waals surface area contributed by atoms with E-state index in [2.05, 4.69) is 6.92 Å². The summed E-state index contributed by atoms with van der Waals surface area (Å²) in [6.07, 6.45) is 5.07. The quantitative estimate of drug-likeness (QED) is 0.426. The Morgan fingerprint density at radius 1 is 0.944 bits per heavy atom. The summed E-state index contributed by atoms with van der Waals surface area (Å²) in [6.45, 7) is 4.24. The first-order valence-electron chi connectivity index (χ1n) is 12.2. The van der Waals surface area contributed by atoms with Gasteiger partial charge in [0.15, 0.2) is 17.2 Å². The lowest BCUT2D eigenvalue weighted by molar-refractivity contribution is 0.202. The fraction of sp³-hybridized carbons (Fsp3) is 0.500. The predicted molar refractivity (Wildman–Crippen MR) is 136 cm³/mol. The minimum absolute atomic E-state index is 0.0234. The van der Waals surface area contributed by atoms with Gasteiger partial charge in [0.2, 0.25) is 5.75 Å². The van der Waals surface area contributed by atoms with E-state index < -0.39 is 10.1 Å². The lowest BCUT2D eigenvalue weighted by atomic mass is 9.92. The van der Waals surface area contributed by atoms with Crippen molar-refractivity contribution in [2.45, 2.75) is 37.5 Å². The number of methoxy groups -OCH3 is 3. The third-order valence-corrected chi connectivity index (χ3v) is 8.35. The van der Waals surface area contributed by atoms with Crippen LogP contribution in [-0.2, 0) is 10.1 Å². The zero-order valence-electron chi connectivity index (χ0n) is 21.2. The highest BCUT2D eigenvalue weighted by Crippen LogP contribution is 2.41. The van der Waals surface area contributed by atoms with Gasteiger partial charge in [-0.05, 0) is 36.1 Å². The topological polar surface area (TPSA) is 94.6 Å². The Hall–Kier alpha value is -3.14. The Morgan fingerprint density at radius 3 is 2.11 bits per heavy atom. The molecule has 0 spiro atoms. The van der Waals surface area contributed by atoms with E-state index in [9.17, 15) is 13.2 Å². The third-order valence-electron chi connectivity index (χ3n) is 7.09. The summed E-state index contributed by atoms with van der Waals surface area (Å²) in [4.78, 5) is 16.6. The van der Waals surface area contributed by atoms with Crippen molar-refractivity contribution in [1.82, 2.24) is 4.90 Å². The number of hydrogen-bond donors (Lipinski definition) is 0. The second kappa shape index (κ2) is 10.9. The molecule has 2 fully saturated rings. The van der Waals surface area contributed by atoms with Gasteiger partial charge in [0, 0.05) is 37.5 Å². The van der Waals surface area contributed by atoms with Crippen molar-refractivity contribution in [3.8, 4) is 23.0 Å². The first-order chi connectivity index (χ1) is 17.3. The number of benzene rings is 2. The molecular formula is C26H34N2O7S. The molecule has 10 heteroatoms. The minimum atomic E-state index is -4.14. The molecule has 2 aliphatic rings. The zero-order chi connectivity index (χ0) is 25.9. The number of rotatable bonds is 10. The molecule has 4 rings (SSSR count). The molecule has 1 aliphatic heterocycles. The average Bonchev–Trinajstić information content (AvgIpc) is 3.54. The first kappa shape index (κ1) is 25.9. The van der Waals surface area contributed by atoms with Gasteiger partial charge in [-0.15, -0.1) is 0 Å². The largest absolute Gasteiger partial charge is 0.493 e. The van der Waals surface area contributed by atoms with Crippen molar-refractivity contribution in [3.05, 3.63) is 36.4 Å². The smallest absolute Gasteiger partial charge is 0.339 e. The van der Waals surface area contributed by atoms with Crippen LogP contribution in [0.3, 0.4) is 0 Å². The van der Waals surface area contributed by atoms with E-state index in [-0.39, 0.29) is 28.2 Å². The lowest BCUT2D eigenvalue weighted by Crippen LogP contribution is -2.36. The Kier molecular flexibility index (Phi) is 7.82. The van der Waals surface area contributed by atoms with Crippen LogP contribution in [0.2, 0.25) is 0 Å². The van der Waals surface area contributed by atoms with E-state index in [1.54, 1.807) is 17.0 Å². The van der Waals surface area contributed by atoms with Crippen molar-refractivity contribution in [3.63, 3.8) is 0 Å². The average molecular weight is 519 g/mol. The molecule has 36 heavy (non-hydrogen) atoms. The van der Waals surface area contributed by atoms with Crippen molar-refractivity contribution < 1.29 is 31.6 Å². The van der Waals surface area contributed by atoms with E-state index in [1.165, 1.54) is 71.3 Å². The third kappa shape index (κ3) is 5.33. The van der Waals surface area contributed by atoms with Crippen molar-refractivity contribution in [1.29, 1.82) is 0 Å². The van der Waals surface area contributed by atoms with Gasteiger partial charge >= 0.3 is 16.1 Å². The number of carbonyl (C=O) groups excluding carboxylic acids is 1. The van der Waals surface area contributed by atoms with Crippen LogP contribution >= 0.6 is 0 Å². The molecule has 1 saturated carbocycles. The zero-order valence-corrected chi connectivity index (χ0v) is 22.0. The van der Waals surface area contributed by atoms with Gasteiger partial charge in [-0.1, -0.05) is 32.6 Å². The summed E-state index contributed by atoms with van der Waals surface area (Å²) in [5.41, 5.74) is 0.655. The van der Waals surface area contributed by atoms with Crippen LogP contribution in [0.5, 0.6) is 23.0 Å². The highest BCUT2D eigenvalue weighted by molar-refractivity contribution is 7.87. The predicted octanol–water partition coefficient (Wildman–Crippen LogP) is 4.55. The molecule has 0 bridgehead atoms. The molecule has 1 atom stereocenters. The van der Waals surface area contributed by atoms with Crippen LogP contribution in [0.15, 0.2) is 41.3 Å². The summed E-state index contributed by atoms with van der Waals surface area (Å²) in [7, 11) is 0.189. The van der Waals surface area contributed by atoms with Gasteiger partial charge in [-0.3, -0.25) is 4.90 Å². The number of urea groups is 1. The Balaban J connectivity index is 1.45. The Labute approximate surface area is 213 Å². The van der Waals surface area contributed by atoms with Crippen LogP contribution in [0, 0.1) is 11.8 Å². The summed E-state index contributed by atoms with van der Waals surface area (Å²) in [5, 5.41) is 0. The molecular weight excluding hydrogens is 484 g/mol. The number of amides is 2. The van der Waals surface area contributed by atoms with Crippen molar-refractivity contribution in [2.24, 2.45) is 11.8 Å². The molecule has 1 saturated heterocycles. The van der Waals surface area contributed by atoms with Gasteiger partial charge in [0.25, 0.3) is 0 Å². The van der Waals surface area contributed by atoms with E-state index in [1.807, 2.05) is 4.90 Å². The van der Waals surface area contributed by atoms with Gasteiger partial charge in [-0.25, -0.2) is 4.79 Å². The first-order valence-corrected chi connectivity index (χ1v) is 13.6. The monoisotopic (exact) mass is 518 g/mol. The maximum Gasteiger partial charge on any atom is 0.339 e. The molecule has 9 nitrogen and oxygen atoms in total. The van der Waals surface area contributed by atoms with E-state index in [0.29, 0.717) is 36.4 Å². The van der Waals surface area contributed by atoms with Crippen LogP contribution < -0.4 is 23.3 Å². The summed E-state index contributed by atoms with van der Waals surface area (Å²) in [6, 6.07) is 8.94. The van der Waals surface area contributed by atoms with Crippen molar-refractivity contribution in [2.75, 3.05) is 45.9 Å². The Bertz CT molecular complexity index is 1150. The van der Waals surface area contributed by atoms with Crippen molar-refractivity contribution >= 4 is 21.8 Å².